The van der Waals surface area contributed by atoms with Gasteiger partial charge in [0.25, 0.3) is 0 Å². The summed E-state index contributed by atoms with van der Waals surface area (Å²) in [4.78, 5) is 15.9. The number of anilines is 1. The van der Waals surface area contributed by atoms with Gasteiger partial charge in [-0.2, -0.15) is 4.98 Å². The summed E-state index contributed by atoms with van der Waals surface area (Å²) in [6.07, 6.45) is 3.18. The number of rotatable bonds is 5. The highest BCUT2D eigenvalue weighted by molar-refractivity contribution is 7.09. The first-order valence-electron chi connectivity index (χ1n) is 11.4. The molecule has 5 rings (SSSR count). The number of ether oxygens (including phenoxy) is 1. The normalized spacial score (nSPS) is 17.4. The fourth-order valence-electron chi connectivity index (χ4n) is 4.41. The van der Waals surface area contributed by atoms with E-state index >= 15 is 0 Å². The van der Waals surface area contributed by atoms with Crippen LogP contribution in [0.2, 0.25) is 0 Å². The number of thiophene rings is 1. The maximum Gasteiger partial charge on any atom is 0.228 e. The number of aryl methyl sites for hydroxylation is 1. The number of hydrogen-bond donors (Lipinski definition) is 0. The fourth-order valence-corrected chi connectivity index (χ4v) is 5.16. The van der Waals surface area contributed by atoms with Crippen molar-refractivity contribution in [1.29, 1.82) is 0 Å². The Morgan fingerprint density at radius 1 is 1.16 bits per heavy atom. The van der Waals surface area contributed by atoms with E-state index in [2.05, 4.69) is 34.2 Å². The number of fused-ring (bicyclic) bond motifs is 1. The van der Waals surface area contributed by atoms with Gasteiger partial charge in [-0.3, -0.25) is 4.90 Å². The Labute approximate surface area is 192 Å². The van der Waals surface area contributed by atoms with Crippen molar-refractivity contribution >= 4 is 17.3 Å². The van der Waals surface area contributed by atoms with Crippen LogP contribution in [0.25, 0.3) is 0 Å². The summed E-state index contributed by atoms with van der Waals surface area (Å²) in [5.41, 5.74) is 2.68. The molecular formula is C25H29FN4OS. The zero-order valence-corrected chi connectivity index (χ0v) is 19.5. The third-order valence-electron chi connectivity index (χ3n) is 6.46. The molecule has 0 unspecified atom stereocenters. The maximum absolute atomic E-state index is 13.8. The first-order valence-corrected chi connectivity index (χ1v) is 12.3. The molecule has 0 amide bonds. The molecule has 32 heavy (non-hydrogen) atoms. The van der Waals surface area contributed by atoms with Crippen molar-refractivity contribution in [2.24, 2.45) is 5.92 Å². The van der Waals surface area contributed by atoms with Crippen molar-refractivity contribution in [1.82, 2.24) is 14.9 Å². The number of benzene rings is 1. The van der Waals surface area contributed by atoms with Gasteiger partial charge >= 0.3 is 0 Å². The fraction of sp³-hybridized carbons (Fsp3) is 0.440. The van der Waals surface area contributed by atoms with E-state index in [1.165, 1.54) is 10.9 Å². The Morgan fingerprint density at radius 3 is 2.75 bits per heavy atom. The SMILES string of the molecule is Cc1cc(Oc2nc(N3CCC(C)CC3)nc3c2CN(Cc2cccs2)CC3)ccc1F. The second kappa shape index (κ2) is 9.16. The van der Waals surface area contributed by atoms with Gasteiger partial charge < -0.3 is 9.64 Å². The molecular weight excluding hydrogens is 423 g/mol. The van der Waals surface area contributed by atoms with Crippen molar-refractivity contribution in [3.63, 3.8) is 0 Å². The highest BCUT2D eigenvalue weighted by atomic mass is 32.1. The topological polar surface area (TPSA) is 41.5 Å². The summed E-state index contributed by atoms with van der Waals surface area (Å²) in [6.45, 7) is 8.63. The van der Waals surface area contributed by atoms with Crippen LogP contribution in [-0.2, 0) is 19.5 Å². The lowest BCUT2D eigenvalue weighted by Crippen LogP contribution is -2.36. The Hall–Kier alpha value is -2.51. The standard InChI is InChI=1S/C25H29FN4OS/c1-17-7-11-30(12-8-17)25-27-23-9-10-29(15-20-4-3-13-32-20)16-21(23)24(28-25)31-19-5-6-22(26)18(2)14-19/h3-6,13-14,17H,7-12,15-16H2,1-2H3. The molecule has 0 N–H and O–H groups in total. The van der Waals surface area contributed by atoms with E-state index in [0.717, 1.165) is 75.1 Å². The lowest BCUT2D eigenvalue weighted by atomic mass is 9.99. The monoisotopic (exact) mass is 452 g/mol. The molecule has 4 heterocycles. The zero-order valence-electron chi connectivity index (χ0n) is 18.7. The van der Waals surface area contributed by atoms with Crippen LogP contribution in [0.5, 0.6) is 11.6 Å². The molecule has 1 saturated heterocycles. The van der Waals surface area contributed by atoms with Crippen LogP contribution >= 0.6 is 11.3 Å². The zero-order chi connectivity index (χ0) is 22.1. The average Bonchev–Trinajstić information content (AvgIpc) is 3.30. The third-order valence-corrected chi connectivity index (χ3v) is 7.32. The van der Waals surface area contributed by atoms with E-state index in [1.807, 2.05) is 0 Å². The van der Waals surface area contributed by atoms with E-state index in [9.17, 15) is 4.39 Å². The van der Waals surface area contributed by atoms with Gasteiger partial charge in [0.1, 0.15) is 11.6 Å². The Bertz CT molecular complexity index is 1080. The van der Waals surface area contributed by atoms with Crippen LogP contribution < -0.4 is 9.64 Å². The second-order valence-corrected chi connectivity index (χ2v) is 10.0. The Kier molecular flexibility index (Phi) is 6.11. The molecule has 2 aliphatic heterocycles. The summed E-state index contributed by atoms with van der Waals surface area (Å²) in [5, 5.41) is 2.12. The van der Waals surface area contributed by atoms with Crippen LogP contribution in [-0.4, -0.2) is 34.5 Å². The van der Waals surface area contributed by atoms with Gasteiger partial charge in [-0.25, -0.2) is 9.37 Å². The first kappa shape index (κ1) is 21.3. The van der Waals surface area contributed by atoms with Gasteiger partial charge in [-0.15, -0.1) is 11.3 Å². The summed E-state index contributed by atoms with van der Waals surface area (Å²) in [5.74, 6) is 2.49. The minimum absolute atomic E-state index is 0.229. The molecule has 0 radical (unpaired) electrons. The molecule has 2 aromatic heterocycles. The van der Waals surface area contributed by atoms with Gasteiger partial charge in [0.2, 0.25) is 11.8 Å². The summed E-state index contributed by atoms with van der Waals surface area (Å²) < 4.78 is 20.1. The summed E-state index contributed by atoms with van der Waals surface area (Å²) in [6, 6.07) is 9.13. The maximum atomic E-state index is 13.8. The summed E-state index contributed by atoms with van der Waals surface area (Å²) in [7, 11) is 0. The number of piperidine rings is 1. The predicted octanol–water partition coefficient (Wildman–Crippen LogP) is 5.57. The van der Waals surface area contributed by atoms with Crippen LogP contribution in [0.15, 0.2) is 35.7 Å². The minimum Gasteiger partial charge on any atom is -0.438 e. The Morgan fingerprint density at radius 2 is 2.00 bits per heavy atom. The van der Waals surface area contributed by atoms with Gasteiger partial charge in [0.05, 0.1) is 11.3 Å². The highest BCUT2D eigenvalue weighted by Crippen LogP contribution is 2.33. The smallest absolute Gasteiger partial charge is 0.228 e. The quantitative estimate of drug-likeness (QED) is 0.506. The van der Waals surface area contributed by atoms with Crippen LogP contribution in [0.1, 0.15) is 41.5 Å². The molecule has 0 aliphatic carbocycles. The van der Waals surface area contributed by atoms with Gasteiger partial charge in [-0.05, 0) is 60.9 Å². The van der Waals surface area contributed by atoms with E-state index in [1.54, 1.807) is 30.4 Å². The molecule has 5 nitrogen and oxygen atoms in total. The molecule has 168 valence electrons. The Balaban J connectivity index is 1.46. The average molecular weight is 453 g/mol. The van der Waals surface area contributed by atoms with Crippen LogP contribution in [0.3, 0.4) is 0 Å². The largest absolute Gasteiger partial charge is 0.438 e. The van der Waals surface area contributed by atoms with E-state index in [0.29, 0.717) is 17.2 Å². The molecule has 0 bridgehead atoms. The number of halogens is 1. The van der Waals surface area contributed by atoms with Crippen molar-refractivity contribution in [2.75, 3.05) is 24.5 Å². The first-order chi connectivity index (χ1) is 15.5. The van der Waals surface area contributed by atoms with Gasteiger partial charge in [0.15, 0.2) is 0 Å². The summed E-state index contributed by atoms with van der Waals surface area (Å²) >= 11 is 1.78. The lowest BCUT2D eigenvalue weighted by molar-refractivity contribution is 0.240. The third kappa shape index (κ3) is 4.64. The lowest BCUT2D eigenvalue weighted by Gasteiger charge is -2.33. The molecule has 1 aromatic carbocycles. The van der Waals surface area contributed by atoms with E-state index in [-0.39, 0.29) is 5.82 Å². The molecule has 0 spiro atoms. The van der Waals surface area contributed by atoms with Crippen molar-refractivity contribution in [3.05, 3.63) is 63.2 Å². The molecule has 3 aromatic rings. The number of hydrogen-bond acceptors (Lipinski definition) is 6. The molecule has 1 fully saturated rings. The molecule has 7 heteroatoms. The number of aromatic nitrogens is 2. The molecule has 0 saturated carbocycles. The van der Waals surface area contributed by atoms with Gasteiger partial charge in [-0.1, -0.05) is 13.0 Å². The van der Waals surface area contributed by atoms with Gasteiger partial charge in [0, 0.05) is 44.0 Å². The van der Waals surface area contributed by atoms with Crippen molar-refractivity contribution in [2.45, 2.75) is 46.2 Å². The van der Waals surface area contributed by atoms with Crippen LogP contribution in [0.4, 0.5) is 10.3 Å². The van der Waals surface area contributed by atoms with E-state index in [4.69, 9.17) is 14.7 Å². The second-order valence-electron chi connectivity index (χ2n) is 8.98. The van der Waals surface area contributed by atoms with Crippen molar-refractivity contribution < 1.29 is 9.13 Å². The minimum atomic E-state index is -0.229. The molecule has 0 atom stereocenters. The van der Waals surface area contributed by atoms with Crippen LogP contribution in [0, 0.1) is 18.7 Å². The predicted molar refractivity (Wildman–Crippen MR) is 126 cm³/mol. The van der Waals surface area contributed by atoms with E-state index < -0.39 is 0 Å². The van der Waals surface area contributed by atoms with Crippen molar-refractivity contribution in [3.8, 4) is 11.6 Å². The number of nitrogens with zero attached hydrogens (tertiary/aromatic N) is 4. The highest BCUT2D eigenvalue weighted by Gasteiger charge is 2.27. The molecule has 2 aliphatic rings.